The zero-order valence-corrected chi connectivity index (χ0v) is 10.9. The van der Waals surface area contributed by atoms with Gasteiger partial charge in [-0.05, 0) is 36.4 Å². The van der Waals surface area contributed by atoms with Crippen molar-refractivity contribution in [1.29, 1.82) is 0 Å². The second-order valence-corrected chi connectivity index (χ2v) is 4.36. The van der Waals surface area contributed by atoms with Gasteiger partial charge in [-0.15, -0.1) is 0 Å². The normalized spacial score (nSPS) is 10.2. The lowest BCUT2D eigenvalue weighted by Gasteiger charge is -2.19. The Hall–Kier alpha value is -2.36. The van der Waals surface area contributed by atoms with Crippen molar-refractivity contribution < 1.29 is 9.84 Å². The van der Waals surface area contributed by atoms with Gasteiger partial charge in [-0.2, -0.15) is 0 Å². The van der Waals surface area contributed by atoms with Crippen LogP contribution in [0.5, 0.6) is 11.5 Å². The summed E-state index contributed by atoms with van der Waals surface area (Å²) in [5.41, 5.74) is 7.29. The SMILES string of the molecule is CN(CCOc1ccc(N)cc1)c1cccc(O)c1. The predicted octanol–water partition coefficient (Wildman–Crippen LogP) is 2.49. The molecule has 0 spiro atoms. The molecule has 0 unspecified atom stereocenters. The van der Waals surface area contributed by atoms with Crippen molar-refractivity contribution in [3.63, 3.8) is 0 Å². The molecule has 2 aromatic carbocycles. The van der Waals surface area contributed by atoms with Crippen LogP contribution in [0.15, 0.2) is 48.5 Å². The van der Waals surface area contributed by atoms with Gasteiger partial charge in [0.05, 0.1) is 6.54 Å². The fraction of sp³-hybridized carbons (Fsp3) is 0.200. The molecule has 0 amide bonds. The number of rotatable bonds is 5. The molecule has 100 valence electrons. The third-order valence-electron chi connectivity index (χ3n) is 2.85. The van der Waals surface area contributed by atoms with Crippen molar-refractivity contribution in [1.82, 2.24) is 0 Å². The fourth-order valence-corrected chi connectivity index (χ4v) is 1.72. The minimum absolute atomic E-state index is 0.267. The first-order chi connectivity index (χ1) is 9.15. The number of hydrogen-bond donors (Lipinski definition) is 2. The predicted molar refractivity (Wildman–Crippen MR) is 77.7 cm³/mol. The molecule has 0 heterocycles. The lowest BCUT2D eigenvalue weighted by Crippen LogP contribution is -2.23. The molecule has 0 saturated carbocycles. The Morgan fingerprint density at radius 1 is 1.16 bits per heavy atom. The first-order valence-electron chi connectivity index (χ1n) is 6.13. The second kappa shape index (κ2) is 6.00. The summed E-state index contributed by atoms with van der Waals surface area (Å²) in [4.78, 5) is 2.02. The van der Waals surface area contributed by atoms with E-state index in [2.05, 4.69) is 0 Å². The third kappa shape index (κ3) is 3.81. The van der Waals surface area contributed by atoms with Gasteiger partial charge in [0.15, 0.2) is 0 Å². The molecule has 0 atom stereocenters. The van der Waals surface area contributed by atoms with Crippen molar-refractivity contribution in [2.24, 2.45) is 0 Å². The number of ether oxygens (including phenoxy) is 1. The van der Waals surface area contributed by atoms with E-state index in [9.17, 15) is 5.11 Å². The molecule has 0 aliphatic carbocycles. The number of hydrogen-bond acceptors (Lipinski definition) is 4. The van der Waals surface area contributed by atoms with E-state index >= 15 is 0 Å². The Kier molecular flexibility index (Phi) is 4.13. The van der Waals surface area contributed by atoms with E-state index in [4.69, 9.17) is 10.5 Å². The summed E-state index contributed by atoms with van der Waals surface area (Å²) in [6, 6.07) is 14.5. The highest BCUT2D eigenvalue weighted by Gasteiger charge is 2.02. The first kappa shape index (κ1) is 13.1. The molecule has 4 heteroatoms. The molecule has 19 heavy (non-hydrogen) atoms. The van der Waals surface area contributed by atoms with Crippen LogP contribution in [-0.4, -0.2) is 25.3 Å². The third-order valence-corrected chi connectivity index (χ3v) is 2.85. The van der Waals surface area contributed by atoms with Crippen LogP contribution >= 0.6 is 0 Å². The maximum absolute atomic E-state index is 9.42. The van der Waals surface area contributed by atoms with Crippen LogP contribution in [0.3, 0.4) is 0 Å². The number of nitrogens with two attached hydrogens (primary N) is 1. The molecule has 4 nitrogen and oxygen atoms in total. The molecule has 0 bridgehead atoms. The molecular formula is C15H18N2O2. The van der Waals surface area contributed by atoms with Crippen molar-refractivity contribution in [2.75, 3.05) is 30.8 Å². The van der Waals surface area contributed by atoms with Crippen LogP contribution in [0.4, 0.5) is 11.4 Å². The van der Waals surface area contributed by atoms with Crippen molar-refractivity contribution in [3.8, 4) is 11.5 Å². The smallest absolute Gasteiger partial charge is 0.119 e. The average molecular weight is 258 g/mol. The van der Waals surface area contributed by atoms with Crippen LogP contribution in [0.25, 0.3) is 0 Å². The summed E-state index contributed by atoms with van der Waals surface area (Å²) in [6.07, 6.45) is 0. The van der Waals surface area contributed by atoms with E-state index in [0.717, 1.165) is 23.7 Å². The van der Waals surface area contributed by atoms with Gasteiger partial charge in [-0.25, -0.2) is 0 Å². The van der Waals surface area contributed by atoms with Gasteiger partial charge < -0.3 is 20.5 Å². The summed E-state index contributed by atoms with van der Waals surface area (Å²) in [5.74, 6) is 1.07. The zero-order chi connectivity index (χ0) is 13.7. The standard InChI is InChI=1S/C15H18N2O2/c1-17(13-3-2-4-14(18)11-13)9-10-19-15-7-5-12(16)6-8-15/h2-8,11,18H,9-10,16H2,1H3. The molecule has 0 fully saturated rings. The van der Waals surface area contributed by atoms with E-state index in [1.165, 1.54) is 0 Å². The van der Waals surface area contributed by atoms with Crippen LogP contribution in [-0.2, 0) is 0 Å². The topological polar surface area (TPSA) is 58.7 Å². The largest absolute Gasteiger partial charge is 0.508 e. The van der Waals surface area contributed by atoms with Crippen LogP contribution in [0.1, 0.15) is 0 Å². The minimum atomic E-state index is 0.267. The molecule has 2 aromatic rings. The summed E-state index contributed by atoms with van der Waals surface area (Å²) in [7, 11) is 1.96. The van der Waals surface area contributed by atoms with Gasteiger partial charge >= 0.3 is 0 Å². The highest BCUT2D eigenvalue weighted by atomic mass is 16.5. The summed E-state index contributed by atoms with van der Waals surface area (Å²) < 4.78 is 5.62. The quantitative estimate of drug-likeness (QED) is 0.809. The van der Waals surface area contributed by atoms with Crippen LogP contribution in [0, 0.1) is 0 Å². The lowest BCUT2D eigenvalue weighted by molar-refractivity contribution is 0.326. The second-order valence-electron chi connectivity index (χ2n) is 4.36. The molecule has 0 radical (unpaired) electrons. The maximum Gasteiger partial charge on any atom is 0.119 e. The molecule has 0 saturated heterocycles. The van der Waals surface area contributed by atoms with E-state index in [0.29, 0.717) is 6.61 Å². The summed E-state index contributed by atoms with van der Waals surface area (Å²) >= 11 is 0. The van der Waals surface area contributed by atoms with E-state index in [1.54, 1.807) is 12.1 Å². The molecule has 3 N–H and O–H groups in total. The number of anilines is 2. The fourth-order valence-electron chi connectivity index (χ4n) is 1.72. The Morgan fingerprint density at radius 2 is 1.89 bits per heavy atom. The van der Waals surface area contributed by atoms with Gasteiger partial charge in [0.2, 0.25) is 0 Å². The van der Waals surface area contributed by atoms with Gasteiger partial charge in [0.1, 0.15) is 18.1 Å². The monoisotopic (exact) mass is 258 g/mol. The Bertz CT molecular complexity index is 526. The molecule has 0 aliphatic rings. The highest BCUT2D eigenvalue weighted by molar-refractivity contribution is 5.49. The van der Waals surface area contributed by atoms with Gasteiger partial charge in [0.25, 0.3) is 0 Å². The van der Waals surface area contributed by atoms with Crippen LogP contribution < -0.4 is 15.4 Å². The number of nitrogens with zero attached hydrogens (tertiary/aromatic N) is 1. The zero-order valence-electron chi connectivity index (χ0n) is 10.9. The lowest BCUT2D eigenvalue weighted by atomic mass is 10.3. The van der Waals surface area contributed by atoms with Crippen molar-refractivity contribution in [3.05, 3.63) is 48.5 Å². The average Bonchev–Trinajstić information content (AvgIpc) is 2.41. The molecule has 0 aliphatic heterocycles. The first-order valence-corrected chi connectivity index (χ1v) is 6.13. The highest BCUT2D eigenvalue weighted by Crippen LogP contribution is 2.19. The van der Waals surface area contributed by atoms with Crippen molar-refractivity contribution in [2.45, 2.75) is 0 Å². The summed E-state index contributed by atoms with van der Waals surface area (Å²) in [5, 5.41) is 9.42. The van der Waals surface area contributed by atoms with E-state index in [-0.39, 0.29) is 5.75 Å². The Balaban J connectivity index is 1.84. The van der Waals surface area contributed by atoms with Gasteiger partial charge in [-0.3, -0.25) is 0 Å². The number of phenols is 1. The number of nitrogen functional groups attached to an aromatic ring is 1. The van der Waals surface area contributed by atoms with Gasteiger partial charge in [0, 0.05) is 24.5 Å². The van der Waals surface area contributed by atoms with Gasteiger partial charge in [-0.1, -0.05) is 6.07 Å². The number of aromatic hydroxyl groups is 1. The Morgan fingerprint density at radius 3 is 2.58 bits per heavy atom. The minimum Gasteiger partial charge on any atom is -0.508 e. The number of likely N-dealkylation sites (N-methyl/N-ethyl adjacent to an activating group) is 1. The van der Waals surface area contributed by atoms with Crippen molar-refractivity contribution >= 4 is 11.4 Å². The molecular weight excluding hydrogens is 240 g/mol. The number of benzene rings is 2. The number of phenolic OH excluding ortho intramolecular Hbond substituents is 1. The molecule has 2 rings (SSSR count). The van der Waals surface area contributed by atoms with Crippen LogP contribution in [0.2, 0.25) is 0 Å². The maximum atomic E-state index is 9.42. The van der Waals surface area contributed by atoms with E-state index in [1.807, 2.05) is 48.3 Å². The van der Waals surface area contributed by atoms with E-state index < -0.39 is 0 Å². The summed E-state index contributed by atoms with van der Waals surface area (Å²) in [6.45, 7) is 1.30. The molecule has 0 aromatic heterocycles. The Labute approximate surface area is 113 Å².